The molecule has 0 bridgehead atoms. The number of halogens is 3. The van der Waals surface area contributed by atoms with Gasteiger partial charge < -0.3 is 10.1 Å². The number of nitrogens with one attached hydrogen (secondary N) is 1. The number of ether oxygens (including phenoxy) is 1. The van der Waals surface area contributed by atoms with Gasteiger partial charge in [0.15, 0.2) is 0 Å². The zero-order valence-electron chi connectivity index (χ0n) is 11.1. The fourth-order valence-electron chi connectivity index (χ4n) is 1.98. The van der Waals surface area contributed by atoms with E-state index in [1.807, 2.05) is 7.05 Å². The van der Waals surface area contributed by atoms with Crippen molar-refractivity contribution >= 4 is 23.2 Å². The molecule has 2 nitrogen and oxygen atoms in total. The van der Waals surface area contributed by atoms with Crippen LogP contribution in [0.3, 0.4) is 0 Å². The molecule has 2 aromatic carbocycles. The molecule has 0 aliphatic carbocycles. The minimum atomic E-state index is -0.340. The van der Waals surface area contributed by atoms with E-state index in [1.54, 1.807) is 24.3 Å². The fourth-order valence-corrected chi connectivity index (χ4v) is 2.48. The average Bonchev–Trinajstić information content (AvgIpc) is 2.43. The van der Waals surface area contributed by atoms with Crippen molar-refractivity contribution in [3.05, 3.63) is 51.8 Å². The van der Waals surface area contributed by atoms with Crippen LogP contribution in [0.15, 0.2) is 30.3 Å². The molecule has 0 aliphatic rings. The number of benzene rings is 2. The van der Waals surface area contributed by atoms with Crippen molar-refractivity contribution in [1.82, 2.24) is 5.32 Å². The molecule has 0 radical (unpaired) electrons. The van der Waals surface area contributed by atoms with Crippen LogP contribution in [0.5, 0.6) is 5.75 Å². The molecule has 0 saturated carbocycles. The number of methoxy groups -OCH3 is 1. The summed E-state index contributed by atoms with van der Waals surface area (Å²) < 4.78 is 19.1. The molecule has 0 spiro atoms. The summed E-state index contributed by atoms with van der Waals surface area (Å²) in [6.07, 6.45) is 0. The van der Waals surface area contributed by atoms with E-state index in [1.165, 1.54) is 13.2 Å². The minimum Gasteiger partial charge on any atom is -0.495 e. The Kier molecular flexibility index (Phi) is 4.86. The van der Waals surface area contributed by atoms with Gasteiger partial charge in [-0.1, -0.05) is 29.3 Å². The van der Waals surface area contributed by atoms with Gasteiger partial charge in [0.25, 0.3) is 0 Å². The van der Waals surface area contributed by atoms with Gasteiger partial charge in [-0.2, -0.15) is 0 Å². The van der Waals surface area contributed by atoms with Gasteiger partial charge >= 0.3 is 0 Å². The highest BCUT2D eigenvalue weighted by Gasteiger charge is 2.13. The van der Waals surface area contributed by atoms with E-state index in [0.29, 0.717) is 33.5 Å². The van der Waals surface area contributed by atoms with Crippen molar-refractivity contribution in [2.75, 3.05) is 14.2 Å². The molecule has 0 atom stereocenters. The van der Waals surface area contributed by atoms with Crippen LogP contribution in [0.25, 0.3) is 11.1 Å². The molecular weight excluding hydrogens is 300 g/mol. The minimum absolute atomic E-state index is 0.340. The lowest BCUT2D eigenvalue weighted by Gasteiger charge is -2.11. The Morgan fingerprint density at radius 1 is 1.10 bits per heavy atom. The molecule has 2 rings (SSSR count). The molecule has 0 fully saturated rings. The van der Waals surface area contributed by atoms with Gasteiger partial charge in [0.1, 0.15) is 11.6 Å². The normalized spacial score (nSPS) is 10.7. The summed E-state index contributed by atoms with van der Waals surface area (Å²) in [5.74, 6) is 0.125. The topological polar surface area (TPSA) is 21.3 Å². The third-order valence-corrected chi connectivity index (χ3v) is 3.55. The van der Waals surface area contributed by atoms with Crippen molar-refractivity contribution in [2.45, 2.75) is 6.54 Å². The van der Waals surface area contributed by atoms with Gasteiger partial charge in [0.2, 0.25) is 0 Å². The quantitative estimate of drug-likeness (QED) is 0.895. The Bertz CT molecular complexity index is 632. The van der Waals surface area contributed by atoms with Crippen LogP contribution in [0.4, 0.5) is 4.39 Å². The standard InChI is InChI=1S/C15H14Cl2FNO/c1-19-8-9-3-4-14(18)11(5-9)10-6-13(17)15(20-2)7-12(10)16/h3-7,19H,8H2,1-2H3. The molecule has 0 heterocycles. The second kappa shape index (κ2) is 6.44. The first-order chi connectivity index (χ1) is 9.56. The van der Waals surface area contributed by atoms with E-state index >= 15 is 0 Å². The summed E-state index contributed by atoms with van der Waals surface area (Å²) in [6, 6.07) is 8.12. The first-order valence-electron chi connectivity index (χ1n) is 6.03. The molecule has 20 heavy (non-hydrogen) atoms. The molecule has 1 N–H and O–H groups in total. The monoisotopic (exact) mass is 313 g/mol. The summed E-state index contributed by atoms with van der Waals surface area (Å²) in [7, 11) is 3.34. The van der Waals surface area contributed by atoms with Gasteiger partial charge in [0.05, 0.1) is 17.2 Å². The molecule has 5 heteroatoms. The smallest absolute Gasteiger partial charge is 0.138 e. The summed E-state index contributed by atoms with van der Waals surface area (Å²) in [5.41, 5.74) is 1.94. The van der Waals surface area contributed by atoms with E-state index in [9.17, 15) is 4.39 Å². The summed E-state index contributed by atoms with van der Waals surface area (Å²) in [6.45, 7) is 0.648. The van der Waals surface area contributed by atoms with Crippen LogP contribution < -0.4 is 10.1 Å². The Balaban J connectivity index is 2.55. The van der Waals surface area contributed by atoms with E-state index in [0.717, 1.165) is 5.56 Å². The van der Waals surface area contributed by atoms with Crippen LogP contribution in [0, 0.1) is 5.82 Å². The van der Waals surface area contributed by atoms with Gasteiger partial charge in [-0.25, -0.2) is 4.39 Å². The van der Waals surface area contributed by atoms with Crippen molar-refractivity contribution in [3.8, 4) is 16.9 Å². The summed E-state index contributed by atoms with van der Waals surface area (Å²) >= 11 is 12.3. The SMILES string of the molecule is CNCc1ccc(F)c(-c2cc(Cl)c(OC)cc2Cl)c1. The third kappa shape index (κ3) is 3.06. The number of rotatable bonds is 4. The predicted molar refractivity (Wildman–Crippen MR) is 81.2 cm³/mol. The van der Waals surface area contributed by atoms with Crippen LogP contribution in [-0.4, -0.2) is 14.2 Å². The average molecular weight is 314 g/mol. The van der Waals surface area contributed by atoms with Crippen LogP contribution in [-0.2, 0) is 6.54 Å². The lowest BCUT2D eigenvalue weighted by Crippen LogP contribution is -2.05. The zero-order valence-corrected chi connectivity index (χ0v) is 12.6. The molecule has 2 aromatic rings. The van der Waals surface area contributed by atoms with E-state index in [4.69, 9.17) is 27.9 Å². The second-order valence-corrected chi connectivity index (χ2v) is 5.13. The Hall–Kier alpha value is -1.29. The van der Waals surface area contributed by atoms with E-state index in [2.05, 4.69) is 5.32 Å². The van der Waals surface area contributed by atoms with Gasteiger partial charge in [-0.3, -0.25) is 0 Å². The van der Waals surface area contributed by atoms with Crippen molar-refractivity contribution in [1.29, 1.82) is 0 Å². The highest BCUT2D eigenvalue weighted by molar-refractivity contribution is 6.36. The predicted octanol–water partition coefficient (Wildman–Crippen LogP) is 4.53. The zero-order chi connectivity index (χ0) is 14.7. The van der Waals surface area contributed by atoms with Crippen molar-refractivity contribution in [2.24, 2.45) is 0 Å². The molecule has 0 unspecified atom stereocenters. The largest absolute Gasteiger partial charge is 0.495 e. The number of hydrogen-bond donors (Lipinski definition) is 1. The molecule has 0 aliphatic heterocycles. The Morgan fingerprint density at radius 2 is 1.85 bits per heavy atom. The highest BCUT2D eigenvalue weighted by Crippen LogP contribution is 2.37. The Morgan fingerprint density at radius 3 is 2.50 bits per heavy atom. The molecule has 106 valence electrons. The fraction of sp³-hybridized carbons (Fsp3) is 0.200. The number of hydrogen-bond acceptors (Lipinski definition) is 2. The van der Waals surface area contributed by atoms with E-state index in [-0.39, 0.29) is 5.82 Å². The summed E-state index contributed by atoms with van der Waals surface area (Å²) in [5, 5.41) is 3.81. The molecule has 0 saturated heterocycles. The van der Waals surface area contributed by atoms with Crippen molar-refractivity contribution in [3.63, 3.8) is 0 Å². The third-order valence-electron chi connectivity index (χ3n) is 2.94. The Labute approximate surface area is 127 Å². The highest BCUT2D eigenvalue weighted by atomic mass is 35.5. The molecule has 0 aromatic heterocycles. The lowest BCUT2D eigenvalue weighted by molar-refractivity contribution is 0.415. The van der Waals surface area contributed by atoms with Gasteiger partial charge in [-0.15, -0.1) is 0 Å². The first-order valence-corrected chi connectivity index (χ1v) is 6.79. The maximum atomic E-state index is 14.0. The second-order valence-electron chi connectivity index (χ2n) is 4.31. The maximum absolute atomic E-state index is 14.0. The lowest BCUT2D eigenvalue weighted by atomic mass is 10.0. The van der Waals surface area contributed by atoms with Crippen LogP contribution in [0.1, 0.15) is 5.56 Å². The summed E-state index contributed by atoms with van der Waals surface area (Å²) in [4.78, 5) is 0. The van der Waals surface area contributed by atoms with Crippen LogP contribution in [0.2, 0.25) is 10.0 Å². The van der Waals surface area contributed by atoms with E-state index < -0.39 is 0 Å². The van der Waals surface area contributed by atoms with Crippen LogP contribution >= 0.6 is 23.2 Å². The first kappa shape index (κ1) is 15.1. The maximum Gasteiger partial charge on any atom is 0.138 e. The molecular formula is C15H14Cl2FNO. The van der Waals surface area contributed by atoms with Gasteiger partial charge in [-0.05, 0) is 30.8 Å². The molecule has 0 amide bonds. The van der Waals surface area contributed by atoms with Crippen molar-refractivity contribution < 1.29 is 9.13 Å². The van der Waals surface area contributed by atoms with Gasteiger partial charge in [0, 0.05) is 23.7 Å².